The molecule has 1 aromatic carbocycles. The number of rotatable bonds is 2. The minimum Gasteiger partial charge on any atom is -0.387 e. The molecule has 2 saturated heterocycles. The molecule has 2 aliphatic rings. The molecule has 2 aliphatic heterocycles. The fraction of sp³-hybridized carbons (Fsp3) is 0.600. The van der Waals surface area contributed by atoms with E-state index < -0.39 is 18.7 Å². The Kier molecular flexibility index (Phi) is 4.05. The molecule has 20 heavy (non-hydrogen) atoms. The molecule has 0 radical (unpaired) electrons. The van der Waals surface area contributed by atoms with E-state index in [0.717, 1.165) is 5.56 Å². The third kappa shape index (κ3) is 2.47. The molecule has 0 aromatic heterocycles. The first kappa shape index (κ1) is 14.0. The van der Waals surface area contributed by atoms with E-state index in [-0.39, 0.29) is 18.1 Å². The number of benzene rings is 1. The topological polar surface area (TPSA) is 57.2 Å². The summed E-state index contributed by atoms with van der Waals surface area (Å²) in [6.45, 7) is 2.38. The van der Waals surface area contributed by atoms with E-state index >= 15 is 0 Å². The van der Waals surface area contributed by atoms with E-state index in [0.29, 0.717) is 6.61 Å². The van der Waals surface area contributed by atoms with Crippen LogP contribution in [-0.2, 0) is 18.9 Å². The Hall–Kier alpha value is -0.980. The minimum atomic E-state index is -0.698. The number of fused-ring (bicyclic) bond motifs is 1. The van der Waals surface area contributed by atoms with Crippen LogP contribution >= 0.6 is 0 Å². The first-order valence-corrected chi connectivity index (χ1v) is 6.89. The third-order valence-corrected chi connectivity index (χ3v) is 4.01. The largest absolute Gasteiger partial charge is 0.387 e. The number of hydrogen-bond acceptors (Lipinski definition) is 5. The maximum absolute atomic E-state index is 10.2. The Bertz CT molecular complexity index is 435. The molecule has 5 heteroatoms. The lowest BCUT2D eigenvalue weighted by Crippen LogP contribution is -2.58. The summed E-state index contributed by atoms with van der Waals surface area (Å²) in [6.07, 6.45) is -2.13. The molecular formula is C15H20O5. The lowest BCUT2D eigenvalue weighted by Gasteiger charge is -2.46. The standard InChI is InChI=1S/C15H20O5/c1-9-12(16)15(17-2)19-11-8-18-14(20-13(9)11)10-6-4-3-5-7-10/h3-7,9,11-16H,8H2,1-2H3/t9-,11+,12-,13-,14+,15-/m0/s1. The molecule has 2 heterocycles. The zero-order valence-corrected chi connectivity index (χ0v) is 11.6. The molecule has 1 N–H and O–H groups in total. The lowest BCUT2D eigenvalue weighted by atomic mass is 9.90. The normalized spacial score (nSPS) is 41.1. The van der Waals surface area contributed by atoms with Gasteiger partial charge in [0.1, 0.15) is 12.2 Å². The van der Waals surface area contributed by atoms with E-state index in [1.54, 1.807) is 0 Å². The Morgan fingerprint density at radius 1 is 1.20 bits per heavy atom. The van der Waals surface area contributed by atoms with Crippen LogP contribution in [0.2, 0.25) is 0 Å². The summed E-state index contributed by atoms with van der Waals surface area (Å²) >= 11 is 0. The molecule has 6 atom stereocenters. The van der Waals surface area contributed by atoms with E-state index in [1.807, 2.05) is 37.3 Å². The van der Waals surface area contributed by atoms with Crippen molar-refractivity contribution in [3.05, 3.63) is 35.9 Å². The molecule has 0 unspecified atom stereocenters. The molecule has 2 fully saturated rings. The van der Waals surface area contributed by atoms with Gasteiger partial charge in [-0.25, -0.2) is 0 Å². The molecule has 110 valence electrons. The summed E-state index contributed by atoms with van der Waals surface area (Å²) in [6, 6.07) is 9.78. The quantitative estimate of drug-likeness (QED) is 0.889. The Balaban J connectivity index is 1.74. The maximum Gasteiger partial charge on any atom is 0.184 e. The minimum absolute atomic E-state index is 0.0752. The van der Waals surface area contributed by atoms with Crippen LogP contribution in [0.15, 0.2) is 30.3 Å². The second-order valence-electron chi connectivity index (χ2n) is 5.30. The van der Waals surface area contributed by atoms with Crippen LogP contribution in [0.4, 0.5) is 0 Å². The van der Waals surface area contributed by atoms with Crippen LogP contribution in [0, 0.1) is 5.92 Å². The van der Waals surface area contributed by atoms with Crippen LogP contribution < -0.4 is 0 Å². The average molecular weight is 280 g/mol. The first-order chi connectivity index (χ1) is 9.70. The summed E-state index contributed by atoms with van der Waals surface area (Å²) in [4.78, 5) is 0. The molecule has 1 aromatic rings. The van der Waals surface area contributed by atoms with E-state index in [4.69, 9.17) is 18.9 Å². The first-order valence-electron chi connectivity index (χ1n) is 6.89. The van der Waals surface area contributed by atoms with Crippen molar-refractivity contribution in [2.24, 2.45) is 5.92 Å². The molecule has 0 aliphatic carbocycles. The van der Waals surface area contributed by atoms with Crippen molar-refractivity contribution < 1.29 is 24.1 Å². The van der Waals surface area contributed by atoms with Gasteiger partial charge in [0.2, 0.25) is 0 Å². The van der Waals surface area contributed by atoms with Gasteiger partial charge in [-0.15, -0.1) is 0 Å². The highest BCUT2D eigenvalue weighted by molar-refractivity contribution is 5.16. The number of hydrogen-bond donors (Lipinski definition) is 1. The smallest absolute Gasteiger partial charge is 0.184 e. The summed E-state index contributed by atoms with van der Waals surface area (Å²) < 4.78 is 22.5. The van der Waals surface area contributed by atoms with Gasteiger partial charge in [0.05, 0.1) is 12.7 Å². The summed E-state index contributed by atoms with van der Waals surface area (Å²) in [7, 11) is 1.53. The summed E-state index contributed by atoms with van der Waals surface area (Å²) in [5.41, 5.74) is 0.974. The Morgan fingerprint density at radius 2 is 1.95 bits per heavy atom. The maximum atomic E-state index is 10.2. The highest BCUT2D eigenvalue weighted by Gasteiger charge is 2.47. The van der Waals surface area contributed by atoms with Crippen molar-refractivity contribution >= 4 is 0 Å². The monoisotopic (exact) mass is 280 g/mol. The van der Waals surface area contributed by atoms with E-state index in [9.17, 15) is 5.11 Å². The van der Waals surface area contributed by atoms with Gasteiger partial charge in [-0.05, 0) is 0 Å². The molecule has 0 amide bonds. The van der Waals surface area contributed by atoms with Gasteiger partial charge in [0, 0.05) is 18.6 Å². The van der Waals surface area contributed by atoms with Crippen LogP contribution in [0.1, 0.15) is 18.8 Å². The fourth-order valence-corrected chi connectivity index (χ4v) is 2.80. The summed E-state index contributed by atoms with van der Waals surface area (Å²) in [5, 5.41) is 10.2. The second-order valence-corrected chi connectivity index (χ2v) is 5.30. The lowest BCUT2D eigenvalue weighted by molar-refractivity contribution is -0.348. The number of aliphatic hydroxyl groups is 1. The second kappa shape index (κ2) is 5.79. The highest BCUT2D eigenvalue weighted by atomic mass is 16.7. The number of ether oxygens (including phenoxy) is 4. The summed E-state index contributed by atoms with van der Waals surface area (Å²) in [5.74, 6) is -0.0752. The molecule has 5 nitrogen and oxygen atoms in total. The molecular weight excluding hydrogens is 260 g/mol. The predicted octanol–water partition coefficient (Wildman–Crippen LogP) is 1.47. The number of methoxy groups -OCH3 is 1. The molecule has 0 bridgehead atoms. The van der Waals surface area contributed by atoms with Crippen LogP contribution in [0.5, 0.6) is 0 Å². The van der Waals surface area contributed by atoms with Crippen molar-refractivity contribution in [3.8, 4) is 0 Å². The van der Waals surface area contributed by atoms with Crippen molar-refractivity contribution in [3.63, 3.8) is 0 Å². The molecule has 0 spiro atoms. The van der Waals surface area contributed by atoms with Crippen molar-refractivity contribution in [1.29, 1.82) is 0 Å². The highest BCUT2D eigenvalue weighted by Crippen LogP contribution is 2.36. The van der Waals surface area contributed by atoms with Gasteiger partial charge < -0.3 is 24.1 Å². The fourth-order valence-electron chi connectivity index (χ4n) is 2.80. The average Bonchev–Trinajstić information content (AvgIpc) is 2.51. The van der Waals surface area contributed by atoms with Gasteiger partial charge >= 0.3 is 0 Å². The zero-order valence-electron chi connectivity index (χ0n) is 11.6. The van der Waals surface area contributed by atoms with E-state index in [1.165, 1.54) is 7.11 Å². The van der Waals surface area contributed by atoms with Crippen molar-refractivity contribution in [1.82, 2.24) is 0 Å². The molecule has 0 saturated carbocycles. The van der Waals surface area contributed by atoms with Crippen molar-refractivity contribution in [2.45, 2.75) is 37.8 Å². The Morgan fingerprint density at radius 3 is 2.65 bits per heavy atom. The SMILES string of the molecule is CO[C@H]1O[C@@H]2CO[C@@H](c3ccccc3)O[C@H]2[C@@H](C)[C@@H]1O. The Labute approximate surface area is 118 Å². The van der Waals surface area contributed by atoms with Gasteiger partial charge in [-0.2, -0.15) is 0 Å². The van der Waals surface area contributed by atoms with Gasteiger partial charge in [-0.3, -0.25) is 0 Å². The van der Waals surface area contributed by atoms with Crippen molar-refractivity contribution in [2.75, 3.05) is 13.7 Å². The van der Waals surface area contributed by atoms with Gasteiger partial charge in [0.15, 0.2) is 12.6 Å². The van der Waals surface area contributed by atoms with Crippen LogP contribution in [0.3, 0.4) is 0 Å². The zero-order chi connectivity index (χ0) is 14.1. The van der Waals surface area contributed by atoms with Crippen LogP contribution in [-0.4, -0.2) is 43.4 Å². The van der Waals surface area contributed by atoms with Gasteiger partial charge in [0.25, 0.3) is 0 Å². The third-order valence-electron chi connectivity index (χ3n) is 4.01. The van der Waals surface area contributed by atoms with Crippen LogP contribution in [0.25, 0.3) is 0 Å². The number of aliphatic hydroxyl groups excluding tert-OH is 1. The van der Waals surface area contributed by atoms with Gasteiger partial charge in [-0.1, -0.05) is 37.3 Å². The predicted molar refractivity (Wildman–Crippen MR) is 70.8 cm³/mol. The van der Waals surface area contributed by atoms with E-state index in [2.05, 4.69) is 0 Å². The molecule has 3 rings (SSSR count).